The lowest BCUT2D eigenvalue weighted by Crippen LogP contribution is -2.01. The van der Waals surface area contributed by atoms with Crippen LogP contribution in [0.5, 0.6) is 5.75 Å². The molecule has 2 aromatic carbocycles. The molecule has 1 aromatic heterocycles. The molecule has 0 saturated heterocycles. The molecule has 0 aliphatic rings. The second kappa shape index (κ2) is 4.24. The van der Waals surface area contributed by atoms with Crippen molar-refractivity contribution < 1.29 is 14.6 Å². The first-order chi connectivity index (χ1) is 9.19. The van der Waals surface area contributed by atoms with Gasteiger partial charge in [-0.3, -0.25) is 0 Å². The normalized spacial score (nSPS) is 10.8. The zero-order chi connectivity index (χ0) is 13.4. The number of carbonyl (C=O) groups is 1. The Morgan fingerprint density at radius 2 is 1.95 bits per heavy atom. The van der Waals surface area contributed by atoms with Crippen LogP contribution in [0.3, 0.4) is 0 Å². The summed E-state index contributed by atoms with van der Waals surface area (Å²) in [5.41, 5.74) is 1.59. The first-order valence-corrected chi connectivity index (χ1v) is 5.80. The van der Waals surface area contributed by atoms with E-state index in [1.165, 1.54) is 13.2 Å². The van der Waals surface area contributed by atoms with E-state index in [9.17, 15) is 9.90 Å². The predicted octanol–water partition coefficient (Wildman–Crippen LogP) is 2.88. The second-order valence-corrected chi connectivity index (χ2v) is 4.24. The summed E-state index contributed by atoms with van der Waals surface area (Å²) in [4.78, 5) is 15.9. The molecule has 0 aliphatic heterocycles. The molecule has 0 radical (unpaired) electrons. The van der Waals surface area contributed by atoms with Gasteiger partial charge in [-0.2, -0.15) is 0 Å². The van der Waals surface area contributed by atoms with Crippen LogP contribution >= 0.6 is 0 Å². The Bertz CT molecular complexity index is 796. The summed E-state index contributed by atoms with van der Waals surface area (Å²) in [6.07, 6.45) is 0. The Labute approximate surface area is 109 Å². The molecule has 3 aromatic rings. The van der Waals surface area contributed by atoms with Gasteiger partial charge in [0.05, 0.1) is 18.2 Å². The van der Waals surface area contributed by atoms with Gasteiger partial charge in [0.1, 0.15) is 11.3 Å². The molecule has 0 amide bonds. The summed E-state index contributed by atoms with van der Waals surface area (Å²) < 4.78 is 4.66. The van der Waals surface area contributed by atoms with Crippen LogP contribution in [0.2, 0.25) is 0 Å². The van der Waals surface area contributed by atoms with Crippen LogP contribution in [0, 0.1) is 0 Å². The Hall–Kier alpha value is -2.62. The van der Waals surface area contributed by atoms with E-state index >= 15 is 0 Å². The maximum absolute atomic E-state index is 11.5. The van der Waals surface area contributed by atoms with Gasteiger partial charge in [-0.25, -0.2) is 9.78 Å². The number of esters is 1. The topological polar surface area (TPSA) is 59.4 Å². The van der Waals surface area contributed by atoms with E-state index in [-0.39, 0.29) is 5.75 Å². The zero-order valence-corrected chi connectivity index (χ0v) is 10.3. The molecular weight excluding hydrogens is 242 g/mol. The van der Waals surface area contributed by atoms with Crippen LogP contribution in [0.15, 0.2) is 42.5 Å². The number of benzene rings is 2. The number of methoxy groups -OCH3 is 1. The van der Waals surface area contributed by atoms with Crippen molar-refractivity contribution in [2.75, 3.05) is 7.11 Å². The number of hydrogen-bond acceptors (Lipinski definition) is 4. The van der Waals surface area contributed by atoms with Gasteiger partial charge in [-0.15, -0.1) is 0 Å². The number of hydrogen-bond donors (Lipinski definition) is 1. The van der Waals surface area contributed by atoms with E-state index in [0.717, 1.165) is 10.9 Å². The zero-order valence-electron chi connectivity index (χ0n) is 10.3. The number of aromatic hydroxyl groups is 1. The number of aromatic nitrogens is 1. The van der Waals surface area contributed by atoms with Crippen molar-refractivity contribution in [3.8, 4) is 5.75 Å². The minimum atomic E-state index is -0.481. The van der Waals surface area contributed by atoms with Gasteiger partial charge in [-0.05, 0) is 24.3 Å². The first-order valence-electron chi connectivity index (χ1n) is 5.80. The fraction of sp³-hybridized carbons (Fsp3) is 0.0667. The summed E-state index contributed by atoms with van der Waals surface area (Å²) in [6.45, 7) is 0. The predicted molar refractivity (Wildman–Crippen MR) is 72.3 cm³/mol. The number of rotatable bonds is 1. The number of nitrogens with zero attached hydrogens (tertiary/aromatic N) is 1. The molecule has 4 heteroatoms. The molecule has 94 valence electrons. The van der Waals surface area contributed by atoms with Crippen LogP contribution in [0.4, 0.5) is 0 Å². The van der Waals surface area contributed by atoms with Crippen molar-refractivity contribution in [2.24, 2.45) is 0 Å². The van der Waals surface area contributed by atoms with Crippen molar-refractivity contribution in [1.29, 1.82) is 0 Å². The number of phenols is 1. The summed E-state index contributed by atoms with van der Waals surface area (Å²) >= 11 is 0. The molecule has 0 fully saturated rings. The van der Waals surface area contributed by atoms with Crippen LogP contribution in [-0.2, 0) is 4.74 Å². The van der Waals surface area contributed by atoms with Crippen LogP contribution < -0.4 is 0 Å². The van der Waals surface area contributed by atoms with Crippen molar-refractivity contribution in [3.05, 3.63) is 48.0 Å². The van der Waals surface area contributed by atoms with E-state index in [2.05, 4.69) is 9.72 Å². The highest BCUT2D eigenvalue weighted by atomic mass is 16.5. The third kappa shape index (κ3) is 1.87. The fourth-order valence-corrected chi connectivity index (χ4v) is 2.11. The average Bonchev–Trinajstić information content (AvgIpc) is 2.44. The first kappa shape index (κ1) is 11.5. The van der Waals surface area contributed by atoms with E-state index in [0.29, 0.717) is 16.5 Å². The second-order valence-electron chi connectivity index (χ2n) is 4.24. The molecule has 0 saturated carbocycles. The maximum Gasteiger partial charge on any atom is 0.338 e. The van der Waals surface area contributed by atoms with Gasteiger partial charge in [0.15, 0.2) is 0 Å². The molecule has 0 bridgehead atoms. The highest BCUT2D eigenvalue weighted by Crippen LogP contribution is 2.28. The molecule has 0 unspecified atom stereocenters. The van der Waals surface area contributed by atoms with E-state index in [1.807, 2.05) is 30.3 Å². The van der Waals surface area contributed by atoms with Crippen molar-refractivity contribution in [3.63, 3.8) is 0 Å². The number of phenolic OH excluding ortho intramolecular Hbond substituents is 1. The minimum absolute atomic E-state index is 0.0244. The van der Waals surface area contributed by atoms with Crippen molar-refractivity contribution >= 4 is 27.8 Å². The van der Waals surface area contributed by atoms with Crippen LogP contribution in [-0.4, -0.2) is 23.2 Å². The monoisotopic (exact) mass is 253 g/mol. The molecule has 3 rings (SSSR count). The SMILES string of the molecule is COC(=O)c1cc(O)c2nc3ccccc3cc2c1. The van der Waals surface area contributed by atoms with Gasteiger partial charge in [-0.1, -0.05) is 18.2 Å². The third-order valence-corrected chi connectivity index (χ3v) is 3.02. The summed E-state index contributed by atoms with van der Waals surface area (Å²) in [6, 6.07) is 12.5. The minimum Gasteiger partial charge on any atom is -0.506 e. The number of carbonyl (C=O) groups excluding carboxylic acids is 1. The molecule has 0 aliphatic carbocycles. The number of fused-ring (bicyclic) bond motifs is 2. The molecule has 0 atom stereocenters. The van der Waals surface area contributed by atoms with E-state index < -0.39 is 5.97 Å². The van der Waals surface area contributed by atoms with Gasteiger partial charge in [0.25, 0.3) is 0 Å². The largest absolute Gasteiger partial charge is 0.506 e. The smallest absolute Gasteiger partial charge is 0.338 e. The molecule has 19 heavy (non-hydrogen) atoms. The van der Waals surface area contributed by atoms with E-state index in [4.69, 9.17) is 0 Å². The summed E-state index contributed by atoms with van der Waals surface area (Å²) in [7, 11) is 1.31. The lowest BCUT2D eigenvalue weighted by molar-refractivity contribution is 0.0600. The molecule has 0 spiro atoms. The Kier molecular flexibility index (Phi) is 2.56. The highest BCUT2D eigenvalue weighted by molar-refractivity contribution is 6.00. The third-order valence-electron chi connectivity index (χ3n) is 3.02. The van der Waals surface area contributed by atoms with Crippen molar-refractivity contribution in [1.82, 2.24) is 4.98 Å². The van der Waals surface area contributed by atoms with Crippen molar-refractivity contribution in [2.45, 2.75) is 0 Å². The molecule has 1 heterocycles. The van der Waals surface area contributed by atoms with Gasteiger partial charge in [0, 0.05) is 10.8 Å². The van der Waals surface area contributed by atoms with Crippen LogP contribution in [0.25, 0.3) is 21.8 Å². The van der Waals surface area contributed by atoms with Crippen LogP contribution in [0.1, 0.15) is 10.4 Å². The molecule has 4 nitrogen and oxygen atoms in total. The Balaban J connectivity index is 2.34. The fourth-order valence-electron chi connectivity index (χ4n) is 2.11. The lowest BCUT2D eigenvalue weighted by Gasteiger charge is -2.06. The van der Waals surface area contributed by atoms with Gasteiger partial charge < -0.3 is 9.84 Å². The standard InChI is InChI=1S/C15H11NO3/c1-19-15(18)11-7-10-6-9-4-2-3-5-12(9)16-14(10)13(17)8-11/h2-8,17H,1H3. The average molecular weight is 253 g/mol. The quantitative estimate of drug-likeness (QED) is 0.535. The Morgan fingerprint density at radius 1 is 1.16 bits per heavy atom. The summed E-state index contributed by atoms with van der Waals surface area (Å²) in [5, 5.41) is 11.6. The molecular formula is C15H11NO3. The number of para-hydroxylation sites is 1. The Morgan fingerprint density at radius 3 is 2.74 bits per heavy atom. The number of ether oxygens (including phenoxy) is 1. The summed E-state index contributed by atoms with van der Waals surface area (Å²) in [5.74, 6) is -0.506. The number of pyridine rings is 1. The maximum atomic E-state index is 11.5. The van der Waals surface area contributed by atoms with E-state index in [1.54, 1.807) is 6.07 Å². The van der Waals surface area contributed by atoms with Gasteiger partial charge in [0.2, 0.25) is 0 Å². The van der Waals surface area contributed by atoms with Gasteiger partial charge >= 0.3 is 5.97 Å². The highest BCUT2D eigenvalue weighted by Gasteiger charge is 2.11. The lowest BCUT2D eigenvalue weighted by atomic mass is 10.1. The molecule has 1 N–H and O–H groups in total.